The van der Waals surface area contributed by atoms with Crippen LogP contribution in [0.15, 0.2) is 6.07 Å². The van der Waals surface area contributed by atoms with Gasteiger partial charge in [-0.05, 0) is 57.2 Å². The first-order valence-electron chi connectivity index (χ1n) is 11.2. The van der Waals surface area contributed by atoms with Gasteiger partial charge in [0.1, 0.15) is 11.6 Å². The Hall–Kier alpha value is -1.63. The van der Waals surface area contributed by atoms with E-state index in [1.54, 1.807) is 0 Å². The van der Waals surface area contributed by atoms with E-state index in [1.807, 2.05) is 0 Å². The van der Waals surface area contributed by atoms with Crippen molar-refractivity contribution in [3.63, 3.8) is 0 Å². The van der Waals surface area contributed by atoms with Gasteiger partial charge >= 0.3 is 0 Å². The second kappa shape index (κ2) is 9.72. The number of nitrogens with zero attached hydrogens (tertiary/aromatic N) is 4. The van der Waals surface area contributed by atoms with Gasteiger partial charge in [-0.15, -0.1) is 0 Å². The lowest BCUT2D eigenvalue weighted by molar-refractivity contribution is 0.573. The molecule has 28 heavy (non-hydrogen) atoms. The molecule has 3 aliphatic rings. The molecular weight excluding hydrogens is 368 g/mol. The zero-order valence-corrected chi connectivity index (χ0v) is 17.8. The lowest BCUT2D eigenvalue weighted by atomic mass is 10.1. The summed E-state index contributed by atoms with van der Waals surface area (Å²) in [6.45, 7) is 4.34. The van der Waals surface area contributed by atoms with Gasteiger partial charge in [0.05, 0.1) is 0 Å². The largest absolute Gasteiger partial charge is 0.360 e. The molecule has 1 saturated carbocycles. The number of hydrogen-bond donors (Lipinski definition) is 2. The van der Waals surface area contributed by atoms with Crippen LogP contribution >= 0.6 is 12.2 Å². The molecule has 2 saturated heterocycles. The molecule has 1 aromatic rings. The number of thiocarbonyl (C=S) groups is 1. The second-order valence-electron chi connectivity index (χ2n) is 8.44. The van der Waals surface area contributed by atoms with Gasteiger partial charge in [0, 0.05) is 38.3 Å². The van der Waals surface area contributed by atoms with E-state index in [2.05, 4.69) is 26.5 Å². The summed E-state index contributed by atoms with van der Waals surface area (Å²) >= 11 is 5.56. The van der Waals surface area contributed by atoms with Crippen molar-refractivity contribution in [2.24, 2.45) is 0 Å². The molecule has 3 fully saturated rings. The van der Waals surface area contributed by atoms with Crippen molar-refractivity contribution in [2.75, 3.05) is 41.3 Å². The number of piperidine rings is 1. The van der Waals surface area contributed by atoms with Crippen LogP contribution in [0, 0.1) is 0 Å². The van der Waals surface area contributed by atoms with E-state index >= 15 is 0 Å². The fourth-order valence-electron chi connectivity index (χ4n) is 4.62. The fraction of sp³-hybridized carbons (Fsp3) is 0.762. The van der Waals surface area contributed by atoms with Gasteiger partial charge < -0.3 is 20.4 Å². The second-order valence-corrected chi connectivity index (χ2v) is 8.85. The van der Waals surface area contributed by atoms with Gasteiger partial charge in [-0.2, -0.15) is 9.97 Å². The maximum atomic E-state index is 5.56. The number of aromatic nitrogens is 2. The average molecular weight is 403 g/mol. The molecule has 2 N–H and O–H groups in total. The Kier molecular flexibility index (Phi) is 6.83. The Balaban J connectivity index is 1.52. The van der Waals surface area contributed by atoms with E-state index < -0.39 is 0 Å². The fourth-order valence-corrected chi connectivity index (χ4v) is 4.88. The Bertz CT molecular complexity index is 646. The Morgan fingerprint density at radius 1 is 0.786 bits per heavy atom. The van der Waals surface area contributed by atoms with Gasteiger partial charge in [0.15, 0.2) is 5.11 Å². The molecule has 0 atom stereocenters. The van der Waals surface area contributed by atoms with Crippen LogP contribution in [0.5, 0.6) is 0 Å². The first-order chi connectivity index (χ1) is 13.8. The number of hydrogen-bond acceptors (Lipinski definition) is 5. The molecule has 4 rings (SSSR count). The number of rotatable bonds is 4. The highest BCUT2D eigenvalue weighted by Gasteiger charge is 2.20. The third-order valence-electron chi connectivity index (χ3n) is 6.22. The minimum Gasteiger partial charge on any atom is -0.360 e. The van der Waals surface area contributed by atoms with Gasteiger partial charge in [-0.1, -0.05) is 25.7 Å². The maximum absolute atomic E-state index is 5.56. The van der Waals surface area contributed by atoms with E-state index in [-0.39, 0.29) is 0 Å². The van der Waals surface area contributed by atoms with Crippen molar-refractivity contribution < 1.29 is 0 Å². The van der Waals surface area contributed by atoms with E-state index in [4.69, 9.17) is 22.2 Å². The highest BCUT2D eigenvalue weighted by molar-refractivity contribution is 7.80. The third-order valence-corrected chi connectivity index (χ3v) is 6.44. The van der Waals surface area contributed by atoms with Crippen molar-refractivity contribution in [3.8, 4) is 0 Å². The van der Waals surface area contributed by atoms with Gasteiger partial charge in [-0.25, -0.2) is 0 Å². The SMILES string of the molecule is S=C(Nc1nc(N2CCCCCC2)cc(N2CCCCC2)n1)NC1CCCC1. The molecular formula is C21H34N6S. The lowest BCUT2D eigenvalue weighted by Crippen LogP contribution is -2.37. The van der Waals surface area contributed by atoms with Crippen LogP contribution in [0.1, 0.15) is 70.6 Å². The van der Waals surface area contributed by atoms with Crippen molar-refractivity contribution in [2.45, 2.75) is 76.7 Å². The first-order valence-corrected chi connectivity index (χ1v) is 11.7. The van der Waals surface area contributed by atoms with Crippen LogP contribution in [0.3, 0.4) is 0 Å². The summed E-state index contributed by atoms with van der Waals surface area (Å²) < 4.78 is 0. The van der Waals surface area contributed by atoms with Crippen LogP contribution in [-0.4, -0.2) is 47.3 Å². The predicted molar refractivity (Wildman–Crippen MR) is 120 cm³/mol. The minimum absolute atomic E-state index is 0.496. The zero-order chi connectivity index (χ0) is 19.2. The summed E-state index contributed by atoms with van der Waals surface area (Å²) in [7, 11) is 0. The highest BCUT2D eigenvalue weighted by Crippen LogP contribution is 2.26. The highest BCUT2D eigenvalue weighted by atomic mass is 32.1. The van der Waals surface area contributed by atoms with Crippen LogP contribution in [0.2, 0.25) is 0 Å². The molecule has 0 spiro atoms. The smallest absolute Gasteiger partial charge is 0.232 e. The lowest BCUT2D eigenvalue weighted by Gasteiger charge is -2.30. The van der Waals surface area contributed by atoms with Gasteiger partial charge in [0.2, 0.25) is 5.95 Å². The van der Waals surface area contributed by atoms with E-state index in [9.17, 15) is 0 Å². The molecule has 0 unspecified atom stereocenters. The average Bonchev–Trinajstić information content (AvgIpc) is 3.07. The first kappa shape index (κ1) is 19.7. The molecule has 0 aromatic carbocycles. The monoisotopic (exact) mass is 402 g/mol. The van der Waals surface area contributed by atoms with E-state index in [0.29, 0.717) is 17.1 Å². The molecule has 0 bridgehead atoms. The van der Waals surface area contributed by atoms with Crippen LogP contribution < -0.4 is 20.4 Å². The van der Waals surface area contributed by atoms with Crippen molar-refractivity contribution >= 4 is 34.9 Å². The van der Waals surface area contributed by atoms with E-state index in [0.717, 1.165) is 37.8 Å². The normalized spacial score (nSPS) is 21.4. The summed E-state index contributed by atoms with van der Waals surface area (Å²) in [5, 5.41) is 7.39. The number of nitrogens with one attached hydrogen (secondary N) is 2. The van der Waals surface area contributed by atoms with Crippen LogP contribution in [-0.2, 0) is 0 Å². The molecule has 154 valence electrons. The standard InChI is InChI=1S/C21H34N6S/c28-21(22-17-10-4-5-11-17)25-20-23-18(26-12-6-1-2-7-13-26)16-19(24-20)27-14-8-3-9-15-27/h16-17H,1-15H2,(H2,22,23,24,25,28). The van der Waals surface area contributed by atoms with E-state index in [1.165, 1.54) is 70.6 Å². The Morgan fingerprint density at radius 2 is 1.29 bits per heavy atom. The Labute approximate surface area is 174 Å². The third kappa shape index (κ3) is 5.25. The maximum Gasteiger partial charge on any atom is 0.232 e. The summed E-state index contributed by atoms with van der Waals surface area (Å²) in [6, 6.07) is 2.69. The summed E-state index contributed by atoms with van der Waals surface area (Å²) in [6.07, 6.45) is 13.9. The summed E-state index contributed by atoms with van der Waals surface area (Å²) in [5.41, 5.74) is 0. The molecule has 7 heteroatoms. The van der Waals surface area contributed by atoms with Gasteiger partial charge in [0.25, 0.3) is 0 Å². The quantitative estimate of drug-likeness (QED) is 0.736. The summed E-state index contributed by atoms with van der Waals surface area (Å²) in [5.74, 6) is 2.72. The molecule has 1 aromatic heterocycles. The zero-order valence-electron chi connectivity index (χ0n) is 17.0. The molecule has 2 aliphatic heterocycles. The van der Waals surface area contributed by atoms with Crippen molar-refractivity contribution in [1.82, 2.24) is 15.3 Å². The molecule has 6 nitrogen and oxygen atoms in total. The Morgan fingerprint density at radius 3 is 1.82 bits per heavy atom. The van der Waals surface area contributed by atoms with Gasteiger partial charge in [-0.3, -0.25) is 0 Å². The molecule has 0 radical (unpaired) electrons. The minimum atomic E-state index is 0.496. The molecule has 1 aliphatic carbocycles. The van der Waals surface area contributed by atoms with Crippen molar-refractivity contribution in [1.29, 1.82) is 0 Å². The van der Waals surface area contributed by atoms with Crippen molar-refractivity contribution in [3.05, 3.63) is 6.07 Å². The van der Waals surface area contributed by atoms with Crippen LogP contribution in [0.25, 0.3) is 0 Å². The molecule has 0 amide bonds. The predicted octanol–water partition coefficient (Wildman–Crippen LogP) is 4.08. The van der Waals surface area contributed by atoms with Crippen LogP contribution in [0.4, 0.5) is 17.6 Å². The number of anilines is 3. The molecule has 3 heterocycles. The summed E-state index contributed by atoms with van der Waals surface area (Å²) in [4.78, 5) is 14.5. The topological polar surface area (TPSA) is 56.3 Å².